The number of hydrogen-bond donors (Lipinski definition) is 1. The summed E-state index contributed by atoms with van der Waals surface area (Å²) in [6, 6.07) is 2.58. The number of anilines is 1. The molecule has 0 aliphatic heterocycles. The fraction of sp³-hybridized carbons (Fsp3) is 0.571. The number of rotatable bonds is 6. The number of nitro groups is 1. The van der Waals surface area contributed by atoms with E-state index in [1.54, 1.807) is 0 Å². The maximum Gasteiger partial charge on any atom is 0.272 e. The minimum Gasteiger partial charge on any atom is -0.380 e. The van der Waals surface area contributed by atoms with Crippen LogP contribution >= 0.6 is 23.2 Å². The molecule has 21 heavy (non-hydrogen) atoms. The van der Waals surface area contributed by atoms with Gasteiger partial charge in [-0.05, 0) is 12.8 Å². The van der Waals surface area contributed by atoms with Crippen molar-refractivity contribution in [2.75, 3.05) is 18.5 Å². The van der Waals surface area contributed by atoms with Crippen LogP contribution in [-0.2, 0) is 4.74 Å². The largest absolute Gasteiger partial charge is 0.380 e. The highest BCUT2D eigenvalue weighted by molar-refractivity contribution is 6.39. The van der Waals surface area contributed by atoms with Gasteiger partial charge in [-0.2, -0.15) is 0 Å². The van der Waals surface area contributed by atoms with Gasteiger partial charge in [0.15, 0.2) is 0 Å². The highest BCUT2D eigenvalue weighted by Gasteiger charge is 2.15. The summed E-state index contributed by atoms with van der Waals surface area (Å²) >= 11 is 12.0. The van der Waals surface area contributed by atoms with Crippen LogP contribution in [0.25, 0.3) is 0 Å². The van der Waals surface area contributed by atoms with Crippen LogP contribution < -0.4 is 5.32 Å². The molecule has 1 aromatic rings. The molecule has 2 rings (SSSR count). The number of benzene rings is 1. The van der Waals surface area contributed by atoms with E-state index in [1.807, 2.05) is 0 Å². The number of nitrogens with zero attached hydrogens (tertiary/aromatic N) is 1. The van der Waals surface area contributed by atoms with Gasteiger partial charge in [-0.15, -0.1) is 0 Å². The summed E-state index contributed by atoms with van der Waals surface area (Å²) < 4.78 is 5.79. The van der Waals surface area contributed by atoms with E-state index >= 15 is 0 Å². The van der Waals surface area contributed by atoms with E-state index in [2.05, 4.69) is 5.32 Å². The van der Waals surface area contributed by atoms with Crippen LogP contribution in [0.2, 0.25) is 10.0 Å². The highest BCUT2D eigenvalue weighted by Crippen LogP contribution is 2.34. The Morgan fingerprint density at radius 2 is 1.86 bits per heavy atom. The molecule has 0 amide bonds. The first-order valence-electron chi connectivity index (χ1n) is 7.07. The minimum atomic E-state index is -0.520. The first-order chi connectivity index (χ1) is 10.1. The van der Waals surface area contributed by atoms with Crippen LogP contribution in [0, 0.1) is 10.1 Å². The zero-order valence-corrected chi connectivity index (χ0v) is 13.1. The molecule has 0 spiro atoms. The van der Waals surface area contributed by atoms with Gasteiger partial charge < -0.3 is 10.1 Å². The second kappa shape index (κ2) is 7.82. The third-order valence-corrected chi connectivity index (χ3v) is 4.14. The Hall–Kier alpha value is -1.04. The number of hydrogen-bond acceptors (Lipinski definition) is 4. The maximum absolute atomic E-state index is 10.7. The van der Waals surface area contributed by atoms with Crippen LogP contribution in [-0.4, -0.2) is 24.2 Å². The Balaban J connectivity index is 1.84. The highest BCUT2D eigenvalue weighted by atomic mass is 35.5. The predicted octanol–water partition coefficient (Wildman–Crippen LogP) is 4.66. The fourth-order valence-corrected chi connectivity index (χ4v) is 3.08. The van der Waals surface area contributed by atoms with Crippen molar-refractivity contribution in [1.82, 2.24) is 0 Å². The molecule has 0 atom stereocenters. The van der Waals surface area contributed by atoms with Gasteiger partial charge in [0.25, 0.3) is 5.69 Å². The fourth-order valence-electron chi connectivity index (χ4n) is 2.47. The van der Waals surface area contributed by atoms with E-state index in [9.17, 15) is 10.1 Å². The summed E-state index contributed by atoms with van der Waals surface area (Å²) in [4.78, 5) is 10.2. The van der Waals surface area contributed by atoms with E-state index in [0.29, 0.717) is 24.9 Å². The summed E-state index contributed by atoms with van der Waals surface area (Å²) in [7, 11) is 0. The van der Waals surface area contributed by atoms with E-state index in [0.717, 1.165) is 12.8 Å². The first kappa shape index (κ1) is 16.3. The molecule has 116 valence electrons. The van der Waals surface area contributed by atoms with Crippen LogP contribution in [0.5, 0.6) is 0 Å². The predicted molar refractivity (Wildman–Crippen MR) is 84.4 cm³/mol. The van der Waals surface area contributed by atoms with Crippen molar-refractivity contribution in [2.24, 2.45) is 0 Å². The van der Waals surface area contributed by atoms with E-state index in [1.165, 1.54) is 31.4 Å². The van der Waals surface area contributed by atoms with Gasteiger partial charge >= 0.3 is 0 Å². The van der Waals surface area contributed by atoms with Crippen LogP contribution in [0.15, 0.2) is 12.1 Å². The van der Waals surface area contributed by atoms with Crippen molar-refractivity contribution in [3.63, 3.8) is 0 Å². The standard InChI is InChI=1S/C14H18Cl2N2O3/c15-12-8-10(18(19)20)9-13(16)14(12)17-6-7-21-11-4-2-1-3-5-11/h8-9,11,17H,1-7H2. The van der Waals surface area contributed by atoms with Gasteiger partial charge in [0.2, 0.25) is 0 Å². The first-order valence-corrected chi connectivity index (χ1v) is 7.82. The molecule has 1 saturated carbocycles. The molecule has 0 heterocycles. The van der Waals surface area contributed by atoms with Gasteiger partial charge in [-0.25, -0.2) is 0 Å². The number of ether oxygens (including phenoxy) is 1. The molecular formula is C14H18Cl2N2O3. The molecule has 0 radical (unpaired) electrons. The number of nitrogens with one attached hydrogen (secondary N) is 1. The molecule has 0 aromatic heterocycles. The Morgan fingerprint density at radius 3 is 2.43 bits per heavy atom. The van der Waals surface area contributed by atoms with Crippen LogP contribution in [0.3, 0.4) is 0 Å². The van der Waals surface area contributed by atoms with Crippen LogP contribution in [0.1, 0.15) is 32.1 Å². The van der Waals surface area contributed by atoms with Gasteiger partial charge in [0.1, 0.15) is 0 Å². The van der Waals surface area contributed by atoms with E-state index in [4.69, 9.17) is 27.9 Å². The molecule has 1 fully saturated rings. The molecule has 1 aromatic carbocycles. The smallest absolute Gasteiger partial charge is 0.272 e. The lowest BCUT2D eigenvalue weighted by Crippen LogP contribution is -2.20. The normalized spacial score (nSPS) is 15.9. The van der Waals surface area contributed by atoms with Crippen molar-refractivity contribution >= 4 is 34.6 Å². The van der Waals surface area contributed by atoms with Crippen molar-refractivity contribution in [1.29, 1.82) is 0 Å². The molecule has 1 aliphatic carbocycles. The lowest BCUT2D eigenvalue weighted by atomic mass is 9.98. The Kier molecular flexibility index (Phi) is 6.08. The monoisotopic (exact) mass is 332 g/mol. The second-order valence-electron chi connectivity index (χ2n) is 5.10. The van der Waals surface area contributed by atoms with Gasteiger partial charge in [-0.1, -0.05) is 42.5 Å². The maximum atomic E-state index is 10.7. The SMILES string of the molecule is O=[N+]([O-])c1cc(Cl)c(NCCOC2CCCCC2)c(Cl)c1. The van der Waals surface area contributed by atoms with Crippen molar-refractivity contribution in [2.45, 2.75) is 38.2 Å². The summed E-state index contributed by atoms with van der Waals surface area (Å²) in [5, 5.41) is 14.3. The molecule has 0 unspecified atom stereocenters. The van der Waals surface area contributed by atoms with E-state index < -0.39 is 4.92 Å². The molecule has 1 N–H and O–H groups in total. The summed E-state index contributed by atoms with van der Waals surface area (Å²) in [5.41, 5.74) is 0.394. The van der Waals surface area contributed by atoms with Crippen molar-refractivity contribution in [3.8, 4) is 0 Å². The Labute approximate surface area is 133 Å². The summed E-state index contributed by atoms with van der Waals surface area (Å²) in [6.45, 7) is 1.13. The average molecular weight is 333 g/mol. The quantitative estimate of drug-likeness (QED) is 0.467. The molecule has 7 heteroatoms. The zero-order valence-electron chi connectivity index (χ0n) is 11.6. The number of nitro benzene ring substituents is 1. The Morgan fingerprint density at radius 1 is 1.24 bits per heavy atom. The molecule has 0 saturated heterocycles. The van der Waals surface area contributed by atoms with Crippen molar-refractivity contribution < 1.29 is 9.66 Å². The minimum absolute atomic E-state index is 0.117. The van der Waals surface area contributed by atoms with E-state index in [-0.39, 0.29) is 15.7 Å². The molecule has 1 aliphatic rings. The molecule has 5 nitrogen and oxygen atoms in total. The zero-order chi connectivity index (χ0) is 15.2. The van der Waals surface area contributed by atoms with Gasteiger partial charge in [0.05, 0.1) is 33.4 Å². The lowest BCUT2D eigenvalue weighted by Gasteiger charge is -2.22. The van der Waals surface area contributed by atoms with Crippen molar-refractivity contribution in [3.05, 3.63) is 32.3 Å². The molecule has 0 bridgehead atoms. The Bertz CT molecular complexity index is 482. The number of non-ortho nitro benzene ring substituents is 1. The summed E-state index contributed by atoms with van der Waals surface area (Å²) in [5.74, 6) is 0. The van der Waals surface area contributed by atoms with Gasteiger partial charge in [-0.3, -0.25) is 10.1 Å². The lowest BCUT2D eigenvalue weighted by molar-refractivity contribution is -0.384. The third-order valence-electron chi connectivity index (χ3n) is 3.55. The van der Waals surface area contributed by atoms with Crippen LogP contribution in [0.4, 0.5) is 11.4 Å². The average Bonchev–Trinajstić information content (AvgIpc) is 2.46. The topological polar surface area (TPSA) is 64.4 Å². The third kappa shape index (κ3) is 4.73. The molecular weight excluding hydrogens is 315 g/mol. The summed E-state index contributed by atoms with van der Waals surface area (Å²) in [6.07, 6.45) is 6.36. The van der Waals surface area contributed by atoms with Gasteiger partial charge in [0, 0.05) is 18.7 Å². The second-order valence-corrected chi connectivity index (χ2v) is 5.91. The number of halogens is 2.